The molecule has 0 aromatic carbocycles. The van der Waals surface area contributed by atoms with Crippen LogP contribution in [0.25, 0.3) is 0 Å². The lowest BCUT2D eigenvalue weighted by atomic mass is 9.88. The van der Waals surface area contributed by atoms with Crippen LogP contribution in [-0.4, -0.2) is 26.2 Å². The van der Waals surface area contributed by atoms with E-state index in [2.05, 4.69) is 18.8 Å². The van der Waals surface area contributed by atoms with Gasteiger partial charge >= 0.3 is 5.69 Å². The third kappa shape index (κ3) is 1.73. The van der Waals surface area contributed by atoms with Gasteiger partial charge in [0.15, 0.2) is 6.23 Å². The molecule has 6 heteroatoms. The Labute approximate surface area is 115 Å². The number of aromatic nitrogens is 2. The van der Waals surface area contributed by atoms with E-state index in [1.165, 1.54) is 0 Å². The first-order valence-electron chi connectivity index (χ1n) is 6.60. The highest BCUT2D eigenvalue weighted by Crippen LogP contribution is 2.56. The molecular weight excluding hydrogens is 264 g/mol. The average molecular weight is 282 g/mol. The summed E-state index contributed by atoms with van der Waals surface area (Å²) in [6.45, 7) is 6.02. The fourth-order valence-electron chi connectivity index (χ4n) is 3.09. The fraction of sp³-hybridized carbons (Fsp3) is 0.692. The third-order valence-corrected chi connectivity index (χ3v) is 6.18. The molecule has 1 N–H and O–H groups in total. The highest BCUT2D eigenvalue weighted by molar-refractivity contribution is 8.00. The Kier molecular flexibility index (Phi) is 2.90. The Bertz CT molecular complexity index is 623. The summed E-state index contributed by atoms with van der Waals surface area (Å²) in [7, 11) is 0. The second kappa shape index (κ2) is 4.24. The van der Waals surface area contributed by atoms with E-state index in [0.29, 0.717) is 11.5 Å². The molecule has 104 valence electrons. The molecule has 0 saturated carbocycles. The zero-order valence-corrected chi connectivity index (χ0v) is 12.1. The molecule has 0 radical (unpaired) electrons. The Hall–Kier alpha value is -1.01. The molecule has 4 atom stereocenters. The second-order valence-corrected chi connectivity index (χ2v) is 6.64. The van der Waals surface area contributed by atoms with Crippen LogP contribution >= 0.6 is 11.8 Å². The second-order valence-electron chi connectivity index (χ2n) is 5.47. The van der Waals surface area contributed by atoms with Gasteiger partial charge in [-0.1, -0.05) is 13.8 Å². The van der Waals surface area contributed by atoms with Gasteiger partial charge in [-0.05, 0) is 13.3 Å². The quantitative estimate of drug-likeness (QED) is 0.887. The van der Waals surface area contributed by atoms with Crippen molar-refractivity contribution in [3.8, 4) is 0 Å². The lowest BCUT2D eigenvalue weighted by Crippen LogP contribution is -2.39. The zero-order chi connectivity index (χ0) is 13.8. The van der Waals surface area contributed by atoms with Gasteiger partial charge in [-0.3, -0.25) is 14.3 Å². The maximum Gasteiger partial charge on any atom is 0.330 e. The van der Waals surface area contributed by atoms with Crippen molar-refractivity contribution in [2.24, 2.45) is 5.92 Å². The van der Waals surface area contributed by atoms with Crippen molar-refractivity contribution in [1.82, 2.24) is 9.55 Å². The predicted octanol–water partition coefficient (Wildman–Crippen LogP) is 1.27. The summed E-state index contributed by atoms with van der Waals surface area (Å²) in [4.78, 5) is 25.8. The molecule has 19 heavy (non-hydrogen) atoms. The molecule has 2 fully saturated rings. The normalized spacial score (nSPS) is 36.9. The van der Waals surface area contributed by atoms with Crippen molar-refractivity contribution in [2.75, 3.05) is 5.75 Å². The molecule has 0 aliphatic carbocycles. The maximum absolute atomic E-state index is 12.0. The first-order valence-corrected chi connectivity index (χ1v) is 7.65. The number of thioether (sulfide) groups is 1. The lowest BCUT2D eigenvalue weighted by Gasteiger charge is -2.31. The number of nitrogens with one attached hydrogen (secondary N) is 1. The third-order valence-electron chi connectivity index (χ3n) is 4.50. The van der Waals surface area contributed by atoms with E-state index >= 15 is 0 Å². The Balaban J connectivity index is 2.04. The summed E-state index contributed by atoms with van der Waals surface area (Å²) in [6, 6.07) is 0. The van der Waals surface area contributed by atoms with Crippen LogP contribution in [0.4, 0.5) is 0 Å². The monoisotopic (exact) mass is 282 g/mol. The number of aromatic amines is 1. The largest absolute Gasteiger partial charge is 0.349 e. The lowest BCUT2D eigenvalue weighted by molar-refractivity contribution is -0.0745. The highest BCUT2D eigenvalue weighted by atomic mass is 32.2. The van der Waals surface area contributed by atoms with E-state index in [9.17, 15) is 9.59 Å². The highest BCUT2D eigenvalue weighted by Gasteiger charge is 2.58. The number of aryl methyl sites for hydroxylation is 1. The standard InChI is InChI=1S/C13H18N2O3S/c1-4-13-6-19-9(8(13)3)11(18-13)15-5-7(2)10(16)14-12(15)17/h5,8-9,11H,4,6H2,1-3H3,(H,14,16,17)/t8-,9+,11+,13-/m0/s1. The molecule has 3 rings (SSSR count). The van der Waals surface area contributed by atoms with Crippen LogP contribution in [0.5, 0.6) is 0 Å². The van der Waals surface area contributed by atoms with Gasteiger partial charge in [0.05, 0.1) is 10.9 Å². The van der Waals surface area contributed by atoms with Crippen LogP contribution in [0.15, 0.2) is 15.8 Å². The number of hydrogen-bond acceptors (Lipinski definition) is 4. The van der Waals surface area contributed by atoms with Crippen LogP contribution in [-0.2, 0) is 4.74 Å². The molecule has 2 aliphatic rings. The molecular formula is C13H18N2O3S. The van der Waals surface area contributed by atoms with Crippen LogP contribution in [0.2, 0.25) is 0 Å². The summed E-state index contributed by atoms with van der Waals surface area (Å²) in [5.74, 6) is 1.41. The van der Waals surface area contributed by atoms with Gasteiger partial charge in [-0.15, -0.1) is 0 Å². The summed E-state index contributed by atoms with van der Waals surface area (Å²) in [5, 5.41) is 0.281. The van der Waals surface area contributed by atoms with Gasteiger partial charge in [0.2, 0.25) is 0 Å². The SMILES string of the molecule is CC[C@@]12CS[C@@H]([C@H](n3cc(C)c(=O)[nH]c3=O)O1)[C@@H]2C. The number of rotatable bonds is 2. The molecule has 2 aliphatic heterocycles. The van der Waals surface area contributed by atoms with Gasteiger partial charge in [-0.2, -0.15) is 11.8 Å². The average Bonchev–Trinajstić information content (AvgIpc) is 2.85. The number of fused-ring (bicyclic) bond motifs is 2. The van der Waals surface area contributed by atoms with E-state index in [1.54, 1.807) is 17.7 Å². The number of nitrogens with zero attached hydrogens (tertiary/aromatic N) is 1. The van der Waals surface area contributed by atoms with Crippen LogP contribution in [0.3, 0.4) is 0 Å². The topological polar surface area (TPSA) is 64.1 Å². The molecule has 0 amide bonds. The summed E-state index contributed by atoms with van der Waals surface area (Å²) in [5.41, 5.74) is -0.291. The van der Waals surface area contributed by atoms with Gasteiger partial charge < -0.3 is 4.74 Å². The predicted molar refractivity (Wildman–Crippen MR) is 74.6 cm³/mol. The molecule has 0 unspecified atom stereocenters. The van der Waals surface area contributed by atoms with Crippen molar-refractivity contribution >= 4 is 11.8 Å². The summed E-state index contributed by atoms with van der Waals surface area (Å²) < 4.78 is 7.73. The minimum absolute atomic E-state index is 0.122. The maximum atomic E-state index is 12.0. The molecule has 2 bridgehead atoms. The van der Waals surface area contributed by atoms with E-state index < -0.39 is 0 Å². The molecule has 3 heterocycles. The van der Waals surface area contributed by atoms with Crippen molar-refractivity contribution in [2.45, 2.75) is 44.3 Å². The smallest absolute Gasteiger partial charge is 0.330 e. The first-order chi connectivity index (χ1) is 8.98. The van der Waals surface area contributed by atoms with E-state index in [-0.39, 0.29) is 28.3 Å². The van der Waals surface area contributed by atoms with Crippen molar-refractivity contribution in [3.05, 3.63) is 32.6 Å². The Morgan fingerprint density at radius 2 is 2.32 bits per heavy atom. The van der Waals surface area contributed by atoms with Gasteiger partial charge in [-0.25, -0.2) is 4.79 Å². The Morgan fingerprint density at radius 3 is 2.95 bits per heavy atom. The number of hydrogen-bond donors (Lipinski definition) is 1. The van der Waals surface area contributed by atoms with Gasteiger partial charge in [0.1, 0.15) is 0 Å². The van der Waals surface area contributed by atoms with Crippen LogP contribution < -0.4 is 11.2 Å². The summed E-state index contributed by atoms with van der Waals surface area (Å²) >= 11 is 1.87. The van der Waals surface area contributed by atoms with E-state index in [0.717, 1.165) is 12.2 Å². The van der Waals surface area contributed by atoms with Crippen LogP contribution in [0.1, 0.15) is 32.1 Å². The minimum atomic E-state index is -0.382. The number of H-pyrrole nitrogens is 1. The van der Waals surface area contributed by atoms with Gasteiger partial charge in [0, 0.05) is 23.4 Å². The number of ether oxygens (including phenoxy) is 1. The fourth-order valence-corrected chi connectivity index (χ4v) is 4.99. The van der Waals surface area contributed by atoms with Crippen molar-refractivity contribution in [1.29, 1.82) is 0 Å². The minimum Gasteiger partial charge on any atom is -0.349 e. The van der Waals surface area contributed by atoms with Crippen molar-refractivity contribution < 1.29 is 4.74 Å². The summed E-state index contributed by atoms with van der Waals surface area (Å²) in [6.07, 6.45) is 2.30. The van der Waals surface area contributed by atoms with Crippen molar-refractivity contribution in [3.63, 3.8) is 0 Å². The molecule has 5 nitrogen and oxygen atoms in total. The molecule has 0 spiro atoms. The molecule has 2 saturated heterocycles. The first kappa shape index (κ1) is 13.0. The van der Waals surface area contributed by atoms with Gasteiger partial charge in [0.25, 0.3) is 5.56 Å². The molecule has 1 aromatic rings. The van der Waals surface area contributed by atoms with E-state index in [4.69, 9.17) is 4.74 Å². The molecule has 1 aromatic heterocycles. The zero-order valence-electron chi connectivity index (χ0n) is 11.3. The van der Waals surface area contributed by atoms with Crippen LogP contribution in [0, 0.1) is 12.8 Å². The Morgan fingerprint density at radius 1 is 1.58 bits per heavy atom. The van der Waals surface area contributed by atoms with E-state index in [1.807, 2.05) is 11.8 Å².